The zero-order valence-electron chi connectivity index (χ0n) is 14.7. The van der Waals surface area contributed by atoms with Crippen LogP contribution < -0.4 is 15.0 Å². The van der Waals surface area contributed by atoms with Crippen LogP contribution in [0.1, 0.15) is 32.1 Å². The van der Waals surface area contributed by atoms with E-state index in [0.717, 1.165) is 44.8 Å². The Labute approximate surface area is 145 Å². The average molecular weight is 331 g/mol. The standard InChI is InChI=1S/C19H29N3O2/c1-24-18-9-5-8-17(14-18)22-12-10-21(11-13-22)15-19(23)20-16-6-3-2-4-7-16/h5,8-9,14,16H,2-4,6-7,10-13,15H2,1H3,(H,20,23). The number of anilines is 1. The average Bonchev–Trinajstić information content (AvgIpc) is 2.63. The lowest BCUT2D eigenvalue weighted by atomic mass is 9.95. The second-order valence-corrected chi connectivity index (χ2v) is 6.87. The van der Waals surface area contributed by atoms with Crippen molar-refractivity contribution in [1.29, 1.82) is 0 Å². The van der Waals surface area contributed by atoms with Gasteiger partial charge in [-0.2, -0.15) is 0 Å². The summed E-state index contributed by atoms with van der Waals surface area (Å²) in [6, 6.07) is 8.59. The minimum Gasteiger partial charge on any atom is -0.497 e. The van der Waals surface area contributed by atoms with Crippen molar-refractivity contribution in [2.24, 2.45) is 0 Å². The minimum absolute atomic E-state index is 0.191. The molecule has 5 heteroatoms. The van der Waals surface area contributed by atoms with Gasteiger partial charge in [0, 0.05) is 44.0 Å². The lowest BCUT2D eigenvalue weighted by Crippen LogP contribution is -2.50. The molecule has 1 aliphatic carbocycles. The van der Waals surface area contributed by atoms with Crippen molar-refractivity contribution in [2.45, 2.75) is 38.1 Å². The maximum Gasteiger partial charge on any atom is 0.234 e. The molecule has 5 nitrogen and oxygen atoms in total. The monoisotopic (exact) mass is 331 g/mol. The van der Waals surface area contributed by atoms with E-state index in [1.807, 2.05) is 12.1 Å². The SMILES string of the molecule is COc1cccc(N2CCN(CC(=O)NC3CCCCC3)CC2)c1. The van der Waals surface area contributed by atoms with Crippen molar-refractivity contribution in [3.63, 3.8) is 0 Å². The molecule has 2 fully saturated rings. The Kier molecular flexibility index (Phi) is 5.96. The summed E-state index contributed by atoms with van der Waals surface area (Å²) in [6.07, 6.45) is 6.12. The minimum atomic E-state index is 0.191. The predicted octanol–water partition coefficient (Wildman–Crippen LogP) is 2.27. The number of nitrogens with one attached hydrogen (secondary N) is 1. The van der Waals surface area contributed by atoms with E-state index in [2.05, 4.69) is 27.2 Å². The Morgan fingerprint density at radius 3 is 2.62 bits per heavy atom. The van der Waals surface area contributed by atoms with Crippen molar-refractivity contribution in [3.05, 3.63) is 24.3 Å². The number of rotatable bonds is 5. The molecule has 3 rings (SSSR count). The third kappa shape index (κ3) is 4.63. The maximum atomic E-state index is 12.2. The Morgan fingerprint density at radius 1 is 1.17 bits per heavy atom. The van der Waals surface area contributed by atoms with Gasteiger partial charge in [-0.3, -0.25) is 9.69 Å². The van der Waals surface area contributed by atoms with Crippen LogP contribution in [0.15, 0.2) is 24.3 Å². The number of benzene rings is 1. The van der Waals surface area contributed by atoms with E-state index in [4.69, 9.17) is 4.74 Å². The van der Waals surface area contributed by atoms with E-state index in [0.29, 0.717) is 12.6 Å². The van der Waals surface area contributed by atoms with Crippen molar-refractivity contribution >= 4 is 11.6 Å². The molecule has 0 aromatic heterocycles. The van der Waals surface area contributed by atoms with Crippen LogP contribution in [0.4, 0.5) is 5.69 Å². The van der Waals surface area contributed by atoms with Gasteiger partial charge in [0.2, 0.25) is 5.91 Å². The van der Waals surface area contributed by atoms with Gasteiger partial charge in [-0.1, -0.05) is 25.3 Å². The summed E-state index contributed by atoms with van der Waals surface area (Å²) < 4.78 is 5.30. The molecule has 2 aliphatic rings. The summed E-state index contributed by atoms with van der Waals surface area (Å²) in [6.45, 7) is 4.28. The molecule has 0 unspecified atom stereocenters. The number of nitrogens with zero attached hydrogens (tertiary/aromatic N) is 2. The Balaban J connectivity index is 1.43. The van der Waals surface area contributed by atoms with Crippen molar-refractivity contribution in [2.75, 3.05) is 44.7 Å². The summed E-state index contributed by atoms with van der Waals surface area (Å²) >= 11 is 0. The zero-order valence-corrected chi connectivity index (χ0v) is 14.7. The normalized spacial score (nSPS) is 20.0. The van der Waals surface area contributed by atoms with Crippen molar-refractivity contribution < 1.29 is 9.53 Å². The Hall–Kier alpha value is -1.75. The van der Waals surface area contributed by atoms with Crippen LogP contribution in [-0.2, 0) is 4.79 Å². The molecule has 0 bridgehead atoms. The summed E-state index contributed by atoms with van der Waals surface area (Å²) in [5.74, 6) is 1.08. The van der Waals surface area contributed by atoms with Crippen LogP contribution in [0.25, 0.3) is 0 Å². The van der Waals surface area contributed by atoms with E-state index < -0.39 is 0 Å². The molecule has 0 atom stereocenters. The number of ether oxygens (including phenoxy) is 1. The zero-order chi connectivity index (χ0) is 16.8. The molecule has 1 N–H and O–H groups in total. The highest BCUT2D eigenvalue weighted by atomic mass is 16.5. The third-order valence-corrected chi connectivity index (χ3v) is 5.13. The lowest BCUT2D eigenvalue weighted by molar-refractivity contribution is -0.123. The van der Waals surface area contributed by atoms with Gasteiger partial charge in [0.05, 0.1) is 13.7 Å². The molecular formula is C19H29N3O2. The molecule has 1 aromatic rings. The topological polar surface area (TPSA) is 44.8 Å². The lowest BCUT2D eigenvalue weighted by Gasteiger charge is -2.36. The number of carbonyl (C=O) groups is 1. The van der Waals surface area contributed by atoms with Crippen LogP contribution in [-0.4, -0.2) is 56.7 Å². The maximum absolute atomic E-state index is 12.2. The Bertz CT molecular complexity index is 535. The summed E-state index contributed by atoms with van der Waals surface area (Å²) in [4.78, 5) is 16.8. The quantitative estimate of drug-likeness (QED) is 0.899. The molecule has 0 radical (unpaired) electrons. The van der Waals surface area contributed by atoms with Crippen molar-refractivity contribution in [1.82, 2.24) is 10.2 Å². The van der Waals surface area contributed by atoms with E-state index in [1.54, 1.807) is 7.11 Å². The molecule has 1 saturated carbocycles. The fourth-order valence-electron chi connectivity index (χ4n) is 3.69. The van der Waals surface area contributed by atoms with Gasteiger partial charge in [0.15, 0.2) is 0 Å². The molecule has 132 valence electrons. The predicted molar refractivity (Wildman–Crippen MR) is 96.7 cm³/mol. The molecule has 0 spiro atoms. The van der Waals surface area contributed by atoms with E-state index in [-0.39, 0.29) is 5.91 Å². The molecule has 1 aliphatic heterocycles. The molecule has 1 amide bonds. The van der Waals surface area contributed by atoms with Crippen LogP contribution in [0, 0.1) is 0 Å². The fraction of sp³-hybridized carbons (Fsp3) is 0.632. The number of methoxy groups -OCH3 is 1. The van der Waals surface area contributed by atoms with E-state index >= 15 is 0 Å². The highest BCUT2D eigenvalue weighted by Gasteiger charge is 2.21. The second-order valence-electron chi connectivity index (χ2n) is 6.87. The molecule has 1 aromatic carbocycles. The molecule has 1 heterocycles. The number of hydrogen-bond acceptors (Lipinski definition) is 4. The van der Waals surface area contributed by atoms with E-state index in [1.165, 1.54) is 24.9 Å². The molecule has 1 saturated heterocycles. The largest absolute Gasteiger partial charge is 0.497 e. The van der Waals surface area contributed by atoms with Crippen molar-refractivity contribution in [3.8, 4) is 5.75 Å². The summed E-state index contributed by atoms with van der Waals surface area (Å²) in [5.41, 5.74) is 1.20. The number of amides is 1. The first kappa shape index (κ1) is 17.1. The highest BCUT2D eigenvalue weighted by molar-refractivity contribution is 5.78. The van der Waals surface area contributed by atoms with Gasteiger partial charge in [-0.05, 0) is 25.0 Å². The third-order valence-electron chi connectivity index (χ3n) is 5.13. The molecule has 24 heavy (non-hydrogen) atoms. The van der Waals surface area contributed by atoms with Gasteiger partial charge in [-0.15, -0.1) is 0 Å². The Morgan fingerprint density at radius 2 is 1.92 bits per heavy atom. The first-order valence-electron chi connectivity index (χ1n) is 9.15. The van der Waals surface area contributed by atoms with Gasteiger partial charge in [-0.25, -0.2) is 0 Å². The van der Waals surface area contributed by atoms with Gasteiger partial charge in [0.1, 0.15) is 5.75 Å². The smallest absolute Gasteiger partial charge is 0.234 e. The number of hydrogen-bond donors (Lipinski definition) is 1. The van der Waals surface area contributed by atoms with E-state index in [9.17, 15) is 4.79 Å². The molecular weight excluding hydrogens is 302 g/mol. The second kappa shape index (κ2) is 8.38. The summed E-state index contributed by atoms with van der Waals surface area (Å²) in [5, 5.41) is 3.21. The number of piperazine rings is 1. The highest BCUT2D eigenvalue weighted by Crippen LogP contribution is 2.22. The van der Waals surface area contributed by atoms with Crippen LogP contribution >= 0.6 is 0 Å². The first-order valence-corrected chi connectivity index (χ1v) is 9.15. The van der Waals surface area contributed by atoms with Gasteiger partial charge >= 0.3 is 0 Å². The van der Waals surface area contributed by atoms with Gasteiger partial charge in [0.25, 0.3) is 0 Å². The van der Waals surface area contributed by atoms with Crippen LogP contribution in [0.2, 0.25) is 0 Å². The number of carbonyl (C=O) groups excluding carboxylic acids is 1. The summed E-state index contributed by atoms with van der Waals surface area (Å²) in [7, 11) is 1.70. The fourth-order valence-corrected chi connectivity index (χ4v) is 3.69. The van der Waals surface area contributed by atoms with Gasteiger partial charge < -0.3 is 15.0 Å². The van der Waals surface area contributed by atoms with Crippen LogP contribution in [0.5, 0.6) is 5.75 Å². The van der Waals surface area contributed by atoms with Crippen LogP contribution in [0.3, 0.4) is 0 Å². The first-order chi connectivity index (χ1) is 11.7.